The van der Waals surface area contributed by atoms with Crippen LogP contribution in [0.25, 0.3) is 0 Å². The molecule has 16 heavy (non-hydrogen) atoms. The van der Waals surface area contributed by atoms with Gasteiger partial charge in [0.15, 0.2) is 5.69 Å². The molecule has 0 saturated carbocycles. The lowest BCUT2D eigenvalue weighted by molar-refractivity contribution is 0.0950. The molecule has 0 bridgehead atoms. The molecule has 0 aromatic carbocycles. The summed E-state index contributed by atoms with van der Waals surface area (Å²) in [5, 5.41) is 13.6. The normalized spacial score (nSPS) is 9.88. The van der Waals surface area contributed by atoms with Crippen LogP contribution in [0.2, 0.25) is 0 Å². The second-order valence-corrected chi connectivity index (χ2v) is 4.07. The molecule has 0 spiro atoms. The van der Waals surface area contributed by atoms with Gasteiger partial charge in [-0.3, -0.25) is 4.79 Å². The first-order valence-electron chi connectivity index (χ1n) is 5.12. The molecule has 0 radical (unpaired) electrons. The Morgan fingerprint density at radius 2 is 2.25 bits per heavy atom. The Hall–Kier alpha value is -1.30. The number of carbonyl (C=O) groups is 1. The summed E-state index contributed by atoms with van der Waals surface area (Å²) in [6, 6.07) is 3.43. The smallest absolute Gasteiger partial charge is 0.271 e. The van der Waals surface area contributed by atoms with E-state index in [0.717, 1.165) is 12.3 Å². The largest absolute Gasteiger partial charge is 0.368 e. The maximum absolute atomic E-state index is 11.4. The first kappa shape index (κ1) is 12.8. The summed E-state index contributed by atoms with van der Waals surface area (Å²) in [6.07, 6.45) is 2.05. The summed E-state index contributed by atoms with van der Waals surface area (Å²) in [5.41, 5.74) is 0.345. The van der Waals surface area contributed by atoms with Crippen LogP contribution in [0.15, 0.2) is 12.1 Å². The lowest BCUT2D eigenvalue weighted by atomic mass is 10.3. The number of nitrogens with zero attached hydrogens (tertiary/aromatic N) is 2. The van der Waals surface area contributed by atoms with Gasteiger partial charge in [0.2, 0.25) is 0 Å². The highest BCUT2D eigenvalue weighted by atomic mass is 32.2. The van der Waals surface area contributed by atoms with Crippen molar-refractivity contribution >= 4 is 23.5 Å². The SMILES string of the molecule is CCNC(=O)c1ccc(NCCSC)nn1. The van der Waals surface area contributed by atoms with Crippen molar-refractivity contribution in [2.24, 2.45) is 0 Å². The molecule has 1 amide bonds. The van der Waals surface area contributed by atoms with Crippen molar-refractivity contribution in [3.8, 4) is 0 Å². The van der Waals surface area contributed by atoms with Crippen LogP contribution >= 0.6 is 11.8 Å². The molecule has 5 nitrogen and oxygen atoms in total. The molecule has 0 saturated heterocycles. The fourth-order valence-corrected chi connectivity index (χ4v) is 1.39. The Kier molecular flexibility index (Phi) is 5.63. The van der Waals surface area contributed by atoms with Crippen molar-refractivity contribution < 1.29 is 4.79 Å². The molecule has 0 aliphatic carbocycles. The molecule has 2 N–H and O–H groups in total. The highest BCUT2D eigenvalue weighted by molar-refractivity contribution is 7.98. The van der Waals surface area contributed by atoms with E-state index in [2.05, 4.69) is 20.8 Å². The third-order valence-corrected chi connectivity index (χ3v) is 2.46. The average molecular weight is 240 g/mol. The molecule has 1 heterocycles. The molecular formula is C10H16N4OS. The lowest BCUT2D eigenvalue weighted by Crippen LogP contribution is -2.24. The quantitative estimate of drug-likeness (QED) is 0.726. The van der Waals surface area contributed by atoms with Crippen molar-refractivity contribution in [1.29, 1.82) is 0 Å². The van der Waals surface area contributed by atoms with E-state index in [9.17, 15) is 4.79 Å². The van der Waals surface area contributed by atoms with Gasteiger partial charge in [-0.15, -0.1) is 10.2 Å². The molecule has 0 unspecified atom stereocenters. The Morgan fingerprint density at radius 3 is 2.81 bits per heavy atom. The second kappa shape index (κ2) is 7.05. The van der Waals surface area contributed by atoms with Gasteiger partial charge in [0.05, 0.1) is 0 Å². The maximum Gasteiger partial charge on any atom is 0.271 e. The molecule has 0 fully saturated rings. The van der Waals surface area contributed by atoms with E-state index in [4.69, 9.17) is 0 Å². The van der Waals surface area contributed by atoms with Crippen LogP contribution < -0.4 is 10.6 Å². The van der Waals surface area contributed by atoms with Gasteiger partial charge in [-0.1, -0.05) is 0 Å². The van der Waals surface area contributed by atoms with E-state index in [1.807, 2.05) is 13.2 Å². The summed E-state index contributed by atoms with van der Waals surface area (Å²) >= 11 is 1.76. The maximum atomic E-state index is 11.4. The summed E-state index contributed by atoms with van der Waals surface area (Å²) in [5.74, 6) is 1.52. The zero-order valence-corrected chi connectivity index (χ0v) is 10.3. The van der Waals surface area contributed by atoms with Crippen LogP contribution in [0.1, 0.15) is 17.4 Å². The number of rotatable bonds is 6. The zero-order valence-electron chi connectivity index (χ0n) is 9.49. The van der Waals surface area contributed by atoms with E-state index in [1.54, 1.807) is 23.9 Å². The monoisotopic (exact) mass is 240 g/mol. The highest BCUT2D eigenvalue weighted by Crippen LogP contribution is 2.02. The van der Waals surface area contributed by atoms with Gasteiger partial charge in [-0.25, -0.2) is 0 Å². The Labute approximate surface area is 99.4 Å². The van der Waals surface area contributed by atoms with Gasteiger partial charge in [-0.2, -0.15) is 11.8 Å². The van der Waals surface area contributed by atoms with E-state index >= 15 is 0 Å². The van der Waals surface area contributed by atoms with Crippen LogP contribution in [-0.4, -0.2) is 41.2 Å². The number of aromatic nitrogens is 2. The van der Waals surface area contributed by atoms with Crippen LogP contribution in [0.4, 0.5) is 5.82 Å². The van der Waals surface area contributed by atoms with Crippen molar-refractivity contribution in [3.05, 3.63) is 17.8 Å². The molecule has 0 atom stereocenters. The fraction of sp³-hybridized carbons (Fsp3) is 0.500. The Bertz CT molecular complexity index is 328. The molecular weight excluding hydrogens is 224 g/mol. The Balaban J connectivity index is 2.50. The first-order chi connectivity index (χ1) is 7.77. The summed E-state index contributed by atoms with van der Waals surface area (Å²) in [4.78, 5) is 11.4. The van der Waals surface area contributed by atoms with E-state index < -0.39 is 0 Å². The number of thioether (sulfide) groups is 1. The minimum atomic E-state index is -0.189. The number of hydrogen-bond donors (Lipinski definition) is 2. The summed E-state index contributed by atoms with van der Waals surface area (Å²) in [6.45, 7) is 3.30. The minimum absolute atomic E-state index is 0.189. The van der Waals surface area contributed by atoms with Gasteiger partial charge in [-0.05, 0) is 25.3 Å². The van der Waals surface area contributed by atoms with E-state index in [1.165, 1.54) is 0 Å². The summed E-state index contributed by atoms with van der Waals surface area (Å²) < 4.78 is 0. The predicted octanol–water partition coefficient (Wildman–Crippen LogP) is 1.00. The summed E-state index contributed by atoms with van der Waals surface area (Å²) in [7, 11) is 0. The van der Waals surface area contributed by atoms with Crippen molar-refractivity contribution in [2.45, 2.75) is 6.92 Å². The van der Waals surface area contributed by atoms with Crippen molar-refractivity contribution in [3.63, 3.8) is 0 Å². The van der Waals surface area contributed by atoms with Gasteiger partial charge in [0.25, 0.3) is 5.91 Å². The average Bonchev–Trinajstić information content (AvgIpc) is 2.30. The number of hydrogen-bond acceptors (Lipinski definition) is 5. The third-order valence-electron chi connectivity index (χ3n) is 1.85. The van der Waals surface area contributed by atoms with Gasteiger partial charge in [0, 0.05) is 18.8 Å². The number of amides is 1. The van der Waals surface area contributed by atoms with E-state index in [-0.39, 0.29) is 5.91 Å². The van der Waals surface area contributed by atoms with E-state index in [0.29, 0.717) is 18.1 Å². The standard InChI is InChI=1S/C10H16N4OS/c1-3-11-10(15)8-4-5-9(14-13-8)12-6-7-16-2/h4-5H,3,6-7H2,1-2H3,(H,11,15)(H,12,14). The predicted molar refractivity (Wildman–Crippen MR) is 66.9 cm³/mol. The zero-order chi connectivity index (χ0) is 11.8. The topological polar surface area (TPSA) is 66.9 Å². The highest BCUT2D eigenvalue weighted by Gasteiger charge is 2.05. The molecule has 1 rings (SSSR count). The third kappa shape index (κ3) is 4.06. The number of carbonyl (C=O) groups excluding carboxylic acids is 1. The Morgan fingerprint density at radius 1 is 1.44 bits per heavy atom. The number of anilines is 1. The molecule has 0 aliphatic rings. The lowest BCUT2D eigenvalue weighted by Gasteiger charge is -2.04. The first-order valence-corrected chi connectivity index (χ1v) is 6.52. The minimum Gasteiger partial charge on any atom is -0.368 e. The van der Waals surface area contributed by atoms with Crippen molar-refractivity contribution in [2.75, 3.05) is 30.4 Å². The van der Waals surface area contributed by atoms with Crippen LogP contribution in [0, 0.1) is 0 Å². The molecule has 1 aromatic rings. The fourth-order valence-electron chi connectivity index (χ4n) is 1.08. The second-order valence-electron chi connectivity index (χ2n) is 3.08. The van der Waals surface area contributed by atoms with Gasteiger partial charge in [0.1, 0.15) is 5.82 Å². The molecule has 6 heteroatoms. The van der Waals surface area contributed by atoms with Crippen LogP contribution in [0.3, 0.4) is 0 Å². The molecule has 0 aliphatic heterocycles. The van der Waals surface area contributed by atoms with Crippen LogP contribution in [-0.2, 0) is 0 Å². The number of nitrogens with one attached hydrogen (secondary N) is 2. The van der Waals surface area contributed by atoms with Crippen molar-refractivity contribution in [1.82, 2.24) is 15.5 Å². The van der Waals surface area contributed by atoms with Gasteiger partial charge < -0.3 is 10.6 Å². The van der Waals surface area contributed by atoms with Gasteiger partial charge >= 0.3 is 0 Å². The molecule has 1 aromatic heterocycles. The van der Waals surface area contributed by atoms with Crippen LogP contribution in [0.5, 0.6) is 0 Å². The molecule has 88 valence electrons.